The predicted molar refractivity (Wildman–Crippen MR) is 71.3 cm³/mol. The molecule has 0 aromatic carbocycles. The third kappa shape index (κ3) is 4.76. The smallest absolute Gasteiger partial charge is 0.307 e. The molecule has 20 heavy (non-hydrogen) atoms. The third-order valence-corrected chi connectivity index (χ3v) is 3.68. The Balaban J connectivity index is 1.77. The summed E-state index contributed by atoms with van der Waals surface area (Å²) in [6.45, 7) is 2.28. The van der Waals surface area contributed by atoms with E-state index in [1.54, 1.807) is 12.4 Å². The fourth-order valence-electron chi connectivity index (χ4n) is 2.61. The number of halogens is 3. The summed E-state index contributed by atoms with van der Waals surface area (Å²) in [5.41, 5.74) is 1.15. The normalized spacial score (nSPS) is 20.0. The molecule has 2 rings (SSSR count). The molecule has 1 unspecified atom stereocenters. The van der Waals surface area contributed by atoms with Crippen LogP contribution in [0.1, 0.15) is 31.4 Å². The molecule has 1 fully saturated rings. The second kappa shape index (κ2) is 6.54. The van der Waals surface area contributed by atoms with Crippen LogP contribution in [-0.2, 0) is 0 Å². The van der Waals surface area contributed by atoms with Gasteiger partial charge in [-0.05, 0) is 50.6 Å². The summed E-state index contributed by atoms with van der Waals surface area (Å²) in [5, 5.41) is 3.48. The molecule has 1 aliphatic rings. The first kappa shape index (κ1) is 15.3. The molecule has 0 bridgehead atoms. The number of aromatic nitrogens is 1. The lowest BCUT2D eigenvalue weighted by molar-refractivity contribution is -0.148. The summed E-state index contributed by atoms with van der Waals surface area (Å²) in [6, 6.07) is 4.38. The van der Waals surface area contributed by atoms with Gasteiger partial charge < -0.3 is 5.32 Å². The van der Waals surface area contributed by atoms with Gasteiger partial charge in [0.05, 0.1) is 6.54 Å². The van der Waals surface area contributed by atoms with Crippen LogP contribution in [0.3, 0.4) is 0 Å². The van der Waals surface area contributed by atoms with Crippen molar-refractivity contribution in [3.05, 3.63) is 30.1 Å². The first-order valence-electron chi connectivity index (χ1n) is 6.89. The predicted octanol–water partition coefficient (Wildman–Crippen LogP) is 2.76. The number of piperidine rings is 1. The summed E-state index contributed by atoms with van der Waals surface area (Å²) in [5.74, 6) is 0. The van der Waals surface area contributed by atoms with Gasteiger partial charge in [0, 0.05) is 24.5 Å². The van der Waals surface area contributed by atoms with Crippen LogP contribution in [0.4, 0.5) is 13.2 Å². The monoisotopic (exact) mass is 287 g/mol. The number of hydrogen-bond acceptors (Lipinski definition) is 3. The highest BCUT2D eigenvalue weighted by Gasteiger charge is 2.32. The lowest BCUT2D eigenvalue weighted by Crippen LogP contribution is -2.46. The van der Waals surface area contributed by atoms with Crippen molar-refractivity contribution in [2.45, 2.75) is 38.0 Å². The van der Waals surface area contributed by atoms with Gasteiger partial charge in [0.15, 0.2) is 0 Å². The standard InChI is InChI=1S/C14H20F3N3/c1-11(12-2-6-18-7-3-12)19-13-4-8-20(9-5-13)10-14(15,16)17/h2-3,6-7,11,13,19H,4-5,8-10H2,1H3. The molecule has 0 saturated carbocycles. The average molecular weight is 287 g/mol. The number of rotatable bonds is 4. The average Bonchev–Trinajstić information content (AvgIpc) is 2.40. The van der Waals surface area contributed by atoms with Crippen molar-refractivity contribution in [1.29, 1.82) is 0 Å². The molecule has 0 spiro atoms. The summed E-state index contributed by atoms with van der Waals surface area (Å²) in [6.07, 6.45) is 0.917. The molecule has 0 amide bonds. The van der Waals surface area contributed by atoms with E-state index in [1.807, 2.05) is 12.1 Å². The zero-order valence-corrected chi connectivity index (χ0v) is 11.5. The maximum absolute atomic E-state index is 12.3. The molecule has 0 aliphatic carbocycles. The van der Waals surface area contributed by atoms with Crippen molar-refractivity contribution in [1.82, 2.24) is 15.2 Å². The summed E-state index contributed by atoms with van der Waals surface area (Å²) >= 11 is 0. The van der Waals surface area contributed by atoms with E-state index in [1.165, 1.54) is 4.90 Å². The Morgan fingerprint density at radius 1 is 1.30 bits per heavy atom. The maximum Gasteiger partial charge on any atom is 0.401 e. The minimum Gasteiger partial charge on any atom is -0.307 e. The van der Waals surface area contributed by atoms with Gasteiger partial charge in [0.1, 0.15) is 0 Å². The van der Waals surface area contributed by atoms with Crippen LogP contribution in [-0.4, -0.2) is 41.7 Å². The van der Waals surface area contributed by atoms with E-state index in [4.69, 9.17) is 0 Å². The molecule has 1 aromatic heterocycles. The van der Waals surface area contributed by atoms with Crippen LogP contribution in [0.15, 0.2) is 24.5 Å². The molecule has 1 aromatic rings. The van der Waals surface area contributed by atoms with Gasteiger partial charge in [0.2, 0.25) is 0 Å². The van der Waals surface area contributed by atoms with Crippen LogP contribution < -0.4 is 5.32 Å². The summed E-state index contributed by atoms with van der Waals surface area (Å²) in [4.78, 5) is 5.46. The van der Waals surface area contributed by atoms with Gasteiger partial charge in [0.25, 0.3) is 0 Å². The Bertz CT molecular complexity index is 400. The second-order valence-electron chi connectivity index (χ2n) is 5.33. The molecule has 1 N–H and O–H groups in total. The number of hydrogen-bond donors (Lipinski definition) is 1. The van der Waals surface area contributed by atoms with Crippen molar-refractivity contribution >= 4 is 0 Å². The molecule has 112 valence electrons. The Morgan fingerprint density at radius 3 is 2.45 bits per heavy atom. The summed E-state index contributed by atoms with van der Waals surface area (Å²) < 4.78 is 36.9. The fraction of sp³-hybridized carbons (Fsp3) is 0.643. The highest BCUT2D eigenvalue weighted by molar-refractivity contribution is 5.14. The van der Waals surface area contributed by atoms with Gasteiger partial charge in [-0.15, -0.1) is 0 Å². The van der Waals surface area contributed by atoms with Gasteiger partial charge in [-0.1, -0.05) is 0 Å². The van der Waals surface area contributed by atoms with Gasteiger partial charge in [-0.3, -0.25) is 9.88 Å². The lowest BCUT2D eigenvalue weighted by Gasteiger charge is -2.34. The van der Waals surface area contributed by atoms with E-state index in [0.29, 0.717) is 13.1 Å². The molecular weight excluding hydrogens is 267 g/mol. The molecule has 1 atom stereocenters. The van der Waals surface area contributed by atoms with Crippen LogP contribution in [0.5, 0.6) is 0 Å². The van der Waals surface area contributed by atoms with Gasteiger partial charge >= 0.3 is 6.18 Å². The Labute approximate surface area is 117 Å². The van der Waals surface area contributed by atoms with E-state index < -0.39 is 12.7 Å². The zero-order valence-electron chi connectivity index (χ0n) is 11.5. The Morgan fingerprint density at radius 2 is 1.90 bits per heavy atom. The van der Waals surface area contributed by atoms with Crippen molar-refractivity contribution in [2.24, 2.45) is 0 Å². The van der Waals surface area contributed by atoms with Crippen LogP contribution in [0.2, 0.25) is 0 Å². The molecule has 1 saturated heterocycles. The summed E-state index contributed by atoms with van der Waals surface area (Å²) in [7, 11) is 0. The third-order valence-electron chi connectivity index (χ3n) is 3.68. The zero-order chi connectivity index (χ0) is 14.6. The first-order chi connectivity index (χ1) is 9.44. The van der Waals surface area contributed by atoms with Crippen molar-refractivity contribution in [3.63, 3.8) is 0 Å². The first-order valence-corrected chi connectivity index (χ1v) is 6.89. The van der Waals surface area contributed by atoms with E-state index in [9.17, 15) is 13.2 Å². The topological polar surface area (TPSA) is 28.2 Å². The minimum absolute atomic E-state index is 0.192. The van der Waals surface area contributed by atoms with Crippen molar-refractivity contribution in [2.75, 3.05) is 19.6 Å². The number of likely N-dealkylation sites (tertiary alicyclic amines) is 1. The Hall–Kier alpha value is -1.14. The van der Waals surface area contributed by atoms with Crippen molar-refractivity contribution in [3.8, 4) is 0 Å². The highest BCUT2D eigenvalue weighted by atomic mass is 19.4. The van der Waals surface area contributed by atoms with E-state index in [0.717, 1.165) is 18.4 Å². The van der Waals surface area contributed by atoms with Crippen LogP contribution >= 0.6 is 0 Å². The SMILES string of the molecule is CC(NC1CCN(CC(F)(F)F)CC1)c1ccncc1. The largest absolute Gasteiger partial charge is 0.401 e. The van der Waals surface area contributed by atoms with Gasteiger partial charge in [-0.2, -0.15) is 13.2 Å². The number of nitrogens with zero attached hydrogens (tertiary/aromatic N) is 2. The van der Waals surface area contributed by atoms with E-state index in [-0.39, 0.29) is 12.1 Å². The molecule has 6 heteroatoms. The number of alkyl halides is 3. The van der Waals surface area contributed by atoms with E-state index in [2.05, 4.69) is 17.2 Å². The number of pyridine rings is 1. The highest BCUT2D eigenvalue weighted by Crippen LogP contribution is 2.21. The van der Waals surface area contributed by atoms with Gasteiger partial charge in [-0.25, -0.2) is 0 Å². The maximum atomic E-state index is 12.3. The Kier molecular flexibility index (Phi) is 4.99. The van der Waals surface area contributed by atoms with Crippen molar-refractivity contribution < 1.29 is 13.2 Å². The number of nitrogens with one attached hydrogen (secondary N) is 1. The van der Waals surface area contributed by atoms with Crippen LogP contribution in [0, 0.1) is 0 Å². The fourth-order valence-corrected chi connectivity index (χ4v) is 2.61. The molecular formula is C14H20F3N3. The quantitative estimate of drug-likeness (QED) is 0.923. The van der Waals surface area contributed by atoms with Crippen LogP contribution in [0.25, 0.3) is 0 Å². The van der Waals surface area contributed by atoms with E-state index >= 15 is 0 Å². The molecule has 0 radical (unpaired) electrons. The lowest BCUT2D eigenvalue weighted by atomic mass is 10.0. The molecule has 2 heterocycles. The minimum atomic E-state index is -4.09. The molecule has 1 aliphatic heterocycles. The molecule has 3 nitrogen and oxygen atoms in total. The second-order valence-corrected chi connectivity index (χ2v) is 5.33.